The largest absolute Gasteiger partial charge is 0.441 e. The summed E-state index contributed by atoms with van der Waals surface area (Å²) in [7, 11) is 1.53. The third-order valence-electron chi connectivity index (χ3n) is 2.35. The van der Waals surface area contributed by atoms with E-state index in [4.69, 9.17) is 14.9 Å². The number of carbonyl (C=O) groups is 2. The molecule has 0 heterocycles. The van der Waals surface area contributed by atoms with Crippen LogP contribution in [0.15, 0.2) is 0 Å². The van der Waals surface area contributed by atoms with Crippen LogP contribution in [0.3, 0.4) is 0 Å². The molecule has 0 aliphatic carbocycles. The van der Waals surface area contributed by atoms with Crippen molar-refractivity contribution in [3.8, 4) is 0 Å². The van der Waals surface area contributed by atoms with Gasteiger partial charge in [0.2, 0.25) is 5.91 Å². The van der Waals surface area contributed by atoms with E-state index in [2.05, 4.69) is 10.6 Å². The lowest BCUT2D eigenvalue weighted by molar-refractivity contribution is -0.121. The molecule has 7 heteroatoms. The van der Waals surface area contributed by atoms with Gasteiger partial charge in [-0.1, -0.05) is 13.3 Å². The predicted molar refractivity (Wildman–Crippen MR) is 65.0 cm³/mol. The van der Waals surface area contributed by atoms with Crippen molar-refractivity contribution < 1.29 is 24.5 Å². The molecule has 18 heavy (non-hydrogen) atoms. The van der Waals surface area contributed by atoms with Gasteiger partial charge in [0.15, 0.2) is 0 Å². The lowest BCUT2D eigenvalue weighted by Gasteiger charge is -2.19. The first-order valence-corrected chi connectivity index (χ1v) is 5.96. The average Bonchev–Trinajstić information content (AvgIpc) is 2.35. The standard InChI is InChI=1S/C11H22N2O5/c1-3-4-8(5-10(16)12-2)13-11(17)18-9(6-14)7-15/h8-9,14-15H,3-7H2,1-2H3,(H,12,16)(H,13,17). The number of aliphatic hydroxyl groups is 2. The van der Waals surface area contributed by atoms with Gasteiger partial charge in [-0.3, -0.25) is 4.79 Å². The number of ether oxygens (including phenoxy) is 1. The minimum Gasteiger partial charge on any atom is -0.441 e. The molecule has 1 atom stereocenters. The molecule has 0 fully saturated rings. The Hall–Kier alpha value is -1.34. The second kappa shape index (κ2) is 9.67. The van der Waals surface area contributed by atoms with Crippen molar-refractivity contribution in [2.45, 2.75) is 38.3 Å². The highest BCUT2D eigenvalue weighted by Crippen LogP contribution is 2.03. The van der Waals surface area contributed by atoms with Gasteiger partial charge in [0, 0.05) is 19.5 Å². The Balaban J connectivity index is 4.21. The van der Waals surface area contributed by atoms with Crippen LogP contribution in [0.25, 0.3) is 0 Å². The smallest absolute Gasteiger partial charge is 0.407 e. The molecule has 106 valence electrons. The third-order valence-corrected chi connectivity index (χ3v) is 2.35. The van der Waals surface area contributed by atoms with Crippen LogP contribution < -0.4 is 10.6 Å². The summed E-state index contributed by atoms with van der Waals surface area (Å²) in [4.78, 5) is 22.7. The fourth-order valence-electron chi connectivity index (χ4n) is 1.38. The summed E-state index contributed by atoms with van der Waals surface area (Å²) in [5.41, 5.74) is 0. The van der Waals surface area contributed by atoms with Gasteiger partial charge in [0.05, 0.1) is 13.2 Å². The molecule has 0 aromatic rings. The minimum atomic E-state index is -0.938. The van der Waals surface area contributed by atoms with E-state index in [-0.39, 0.29) is 18.4 Å². The van der Waals surface area contributed by atoms with Crippen molar-refractivity contribution in [1.29, 1.82) is 0 Å². The highest BCUT2D eigenvalue weighted by Gasteiger charge is 2.18. The number of nitrogens with one attached hydrogen (secondary N) is 2. The van der Waals surface area contributed by atoms with Crippen molar-refractivity contribution in [3.05, 3.63) is 0 Å². The van der Waals surface area contributed by atoms with E-state index >= 15 is 0 Å². The molecule has 0 radical (unpaired) electrons. The van der Waals surface area contributed by atoms with Crippen molar-refractivity contribution in [3.63, 3.8) is 0 Å². The normalized spacial score (nSPS) is 12.1. The molecule has 0 bridgehead atoms. The summed E-state index contributed by atoms with van der Waals surface area (Å²) < 4.78 is 4.76. The van der Waals surface area contributed by atoms with Gasteiger partial charge in [-0.25, -0.2) is 4.79 Å². The summed E-state index contributed by atoms with van der Waals surface area (Å²) in [6, 6.07) is -0.319. The minimum absolute atomic E-state index is 0.169. The second-order valence-electron chi connectivity index (χ2n) is 3.90. The topological polar surface area (TPSA) is 108 Å². The Morgan fingerprint density at radius 2 is 1.89 bits per heavy atom. The Labute approximate surface area is 107 Å². The van der Waals surface area contributed by atoms with Crippen molar-refractivity contribution >= 4 is 12.0 Å². The molecule has 0 saturated carbocycles. The molecular formula is C11H22N2O5. The first-order valence-electron chi connectivity index (χ1n) is 5.96. The first kappa shape index (κ1) is 16.7. The lowest BCUT2D eigenvalue weighted by atomic mass is 10.1. The van der Waals surface area contributed by atoms with Crippen LogP contribution in [0, 0.1) is 0 Å². The van der Waals surface area contributed by atoms with Gasteiger partial charge in [-0.2, -0.15) is 0 Å². The van der Waals surface area contributed by atoms with E-state index in [1.807, 2.05) is 6.92 Å². The highest BCUT2D eigenvalue weighted by atomic mass is 16.6. The van der Waals surface area contributed by atoms with Gasteiger partial charge >= 0.3 is 6.09 Å². The maximum absolute atomic E-state index is 11.4. The van der Waals surface area contributed by atoms with E-state index in [0.717, 1.165) is 6.42 Å². The second-order valence-corrected chi connectivity index (χ2v) is 3.90. The Kier molecular flexibility index (Phi) is 8.95. The van der Waals surface area contributed by atoms with Crippen molar-refractivity contribution in [2.24, 2.45) is 0 Å². The average molecular weight is 262 g/mol. The number of rotatable bonds is 8. The number of amides is 2. The van der Waals surface area contributed by atoms with Crippen LogP contribution in [0.2, 0.25) is 0 Å². The third kappa shape index (κ3) is 7.08. The first-order chi connectivity index (χ1) is 8.57. The van der Waals surface area contributed by atoms with Crippen LogP contribution in [-0.2, 0) is 9.53 Å². The maximum atomic E-state index is 11.4. The quantitative estimate of drug-likeness (QED) is 0.466. The molecule has 4 N–H and O–H groups in total. The number of alkyl carbamates (subject to hydrolysis) is 1. The molecule has 0 saturated heterocycles. The van der Waals surface area contributed by atoms with E-state index in [1.165, 1.54) is 7.05 Å². The van der Waals surface area contributed by atoms with Gasteiger partial charge in [0.25, 0.3) is 0 Å². The molecular weight excluding hydrogens is 240 g/mol. The van der Waals surface area contributed by atoms with Crippen molar-refractivity contribution in [1.82, 2.24) is 10.6 Å². The molecule has 0 rings (SSSR count). The van der Waals surface area contributed by atoms with Crippen LogP contribution in [0.1, 0.15) is 26.2 Å². The molecule has 0 aliphatic rings. The number of aliphatic hydroxyl groups excluding tert-OH is 2. The van der Waals surface area contributed by atoms with Crippen LogP contribution in [0.4, 0.5) is 4.79 Å². The summed E-state index contributed by atoms with van der Waals surface area (Å²) in [6.07, 6.45) is -0.0585. The van der Waals surface area contributed by atoms with Gasteiger partial charge in [-0.15, -0.1) is 0 Å². The van der Waals surface area contributed by atoms with Crippen molar-refractivity contribution in [2.75, 3.05) is 20.3 Å². The number of hydrogen-bond donors (Lipinski definition) is 4. The monoisotopic (exact) mass is 262 g/mol. The number of carbonyl (C=O) groups excluding carboxylic acids is 2. The zero-order chi connectivity index (χ0) is 14.0. The molecule has 7 nitrogen and oxygen atoms in total. The molecule has 0 aromatic heterocycles. The molecule has 0 spiro atoms. The van der Waals surface area contributed by atoms with E-state index in [9.17, 15) is 9.59 Å². The van der Waals surface area contributed by atoms with Crippen LogP contribution in [-0.4, -0.2) is 54.6 Å². The molecule has 1 unspecified atom stereocenters. The lowest BCUT2D eigenvalue weighted by Crippen LogP contribution is -2.41. The fraction of sp³-hybridized carbons (Fsp3) is 0.818. The SMILES string of the molecule is CCCC(CC(=O)NC)NC(=O)OC(CO)CO. The van der Waals surface area contributed by atoms with E-state index in [1.54, 1.807) is 0 Å². The predicted octanol–water partition coefficient (Wildman–Crippen LogP) is -0.629. The Morgan fingerprint density at radius 1 is 1.28 bits per heavy atom. The zero-order valence-electron chi connectivity index (χ0n) is 10.8. The zero-order valence-corrected chi connectivity index (χ0v) is 10.8. The summed E-state index contributed by atoms with van der Waals surface area (Å²) in [5.74, 6) is -0.172. The molecule has 2 amide bonds. The van der Waals surface area contributed by atoms with Gasteiger partial charge in [0.1, 0.15) is 6.10 Å². The fourth-order valence-corrected chi connectivity index (χ4v) is 1.38. The van der Waals surface area contributed by atoms with Crippen LogP contribution in [0.5, 0.6) is 0 Å². The molecule has 0 aliphatic heterocycles. The summed E-state index contributed by atoms with van der Waals surface area (Å²) >= 11 is 0. The van der Waals surface area contributed by atoms with Gasteiger partial charge < -0.3 is 25.6 Å². The van der Waals surface area contributed by atoms with Gasteiger partial charge in [-0.05, 0) is 6.42 Å². The molecule has 0 aromatic carbocycles. The van der Waals surface area contributed by atoms with Crippen LogP contribution >= 0.6 is 0 Å². The summed E-state index contributed by atoms with van der Waals surface area (Å²) in [5, 5.41) is 22.6. The number of hydrogen-bond acceptors (Lipinski definition) is 5. The van der Waals surface area contributed by atoms with E-state index in [0.29, 0.717) is 6.42 Å². The highest BCUT2D eigenvalue weighted by molar-refractivity contribution is 5.77. The van der Waals surface area contributed by atoms with E-state index < -0.39 is 25.4 Å². The summed E-state index contributed by atoms with van der Waals surface area (Å²) in [6.45, 7) is 1.05. The maximum Gasteiger partial charge on any atom is 0.407 e. The Morgan fingerprint density at radius 3 is 2.33 bits per heavy atom. The Bertz CT molecular complexity index is 256.